The largest absolute Gasteiger partial charge is 0.259 e. The van der Waals surface area contributed by atoms with Crippen LogP contribution in [0.3, 0.4) is 0 Å². The lowest BCUT2D eigenvalue weighted by atomic mass is 10.5. The van der Waals surface area contributed by atoms with E-state index in [-0.39, 0.29) is 0 Å². The van der Waals surface area contributed by atoms with Crippen LogP contribution in [0.1, 0.15) is 5.69 Å². The summed E-state index contributed by atoms with van der Waals surface area (Å²) in [6, 6.07) is 0. The molecule has 4 heteroatoms. The molecule has 50 valence electrons. The number of hydrogen-bond donors (Lipinski definition) is 0. The quantitative estimate of drug-likeness (QED) is 0.524. The van der Waals surface area contributed by atoms with Gasteiger partial charge >= 0.3 is 0 Å². The Labute approximate surface area is 57.5 Å². The second kappa shape index (κ2) is 1.76. The van der Waals surface area contributed by atoms with Crippen molar-refractivity contribution in [2.75, 3.05) is 0 Å². The zero-order chi connectivity index (χ0) is 6.97. The highest BCUT2D eigenvalue weighted by Crippen LogP contribution is 1.97. The predicted octanol–water partition coefficient (Wildman–Crippen LogP) is 0.433. The monoisotopic (exact) mass is 134 g/mol. The first-order valence-electron chi connectivity index (χ1n) is 2.98. The predicted molar refractivity (Wildman–Crippen MR) is 35.5 cm³/mol. The summed E-state index contributed by atoms with van der Waals surface area (Å²) in [6.07, 6.45) is 4.95. The zero-order valence-electron chi connectivity index (χ0n) is 5.52. The summed E-state index contributed by atoms with van der Waals surface area (Å²) in [5.41, 5.74) is 1.79. The lowest BCUT2D eigenvalue weighted by Crippen LogP contribution is -1.92. The molecule has 2 aromatic rings. The molecule has 0 radical (unpaired) electrons. The average Bonchev–Trinajstić information content (AvgIpc) is 2.36. The van der Waals surface area contributed by atoms with Gasteiger partial charge in [-0.15, -0.1) is 0 Å². The van der Waals surface area contributed by atoms with Crippen molar-refractivity contribution in [2.24, 2.45) is 0 Å². The zero-order valence-corrected chi connectivity index (χ0v) is 5.52. The van der Waals surface area contributed by atoms with Gasteiger partial charge in [-0.2, -0.15) is 5.10 Å². The van der Waals surface area contributed by atoms with Crippen LogP contribution in [-0.2, 0) is 0 Å². The van der Waals surface area contributed by atoms with Gasteiger partial charge in [-0.25, -0.2) is 9.50 Å². The maximum Gasteiger partial charge on any atom is 0.173 e. The van der Waals surface area contributed by atoms with Crippen molar-refractivity contribution in [3.05, 3.63) is 24.4 Å². The Bertz CT molecular complexity index is 351. The van der Waals surface area contributed by atoms with Crippen molar-refractivity contribution in [3.8, 4) is 0 Å². The van der Waals surface area contributed by atoms with Gasteiger partial charge in [0.05, 0.1) is 11.9 Å². The number of fused-ring (bicyclic) bond motifs is 1. The molecule has 0 unspecified atom stereocenters. The van der Waals surface area contributed by atoms with Gasteiger partial charge in [-0.05, 0) is 6.92 Å². The van der Waals surface area contributed by atoms with E-state index in [9.17, 15) is 0 Å². The number of hydrogen-bond acceptors (Lipinski definition) is 3. The van der Waals surface area contributed by atoms with Gasteiger partial charge in [0, 0.05) is 6.20 Å². The van der Waals surface area contributed by atoms with Crippen LogP contribution in [0.5, 0.6) is 0 Å². The summed E-state index contributed by atoms with van der Waals surface area (Å²) >= 11 is 0. The molecule has 0 amide bonds. The first-order valence-corrected chi connectivity index (χ1v) is 2.98. The van der Waals surface area contributed by atoms with E-state index in [1.165, 1.54) is 6.33 Å². The Balaban J connectivity index is 2.95. The third-order valence-corrected chi connectivity index (χ3v) is 1.36. The molecule has 0 aliphatic heterocycles. The van der Waals surface area contributed by atoms with E-state index in [0.717, 1.165) is 11.3 Å². The molecule has 0 fully saturated rings. The van der Waals surface area contributed by atoms with Gasteiger partial charge in [0.1, 0.15) is 6.33 Å². The summed E-state index contributed by atoms with van der Waals surface area (Å²) in [4.78, 5) is 7.93. The van der Waals surface area contributed by atoms with Crippen LogP contribution in [0.25, 0.3) is 5.65 Å². The second-order valence-corrected chi connectivity index (χ2v) is 2.08. The average molecular weight is 134 g/mol. The van der Waals surface area contributed by atoms with Crippen LogP contribution in [0, 0.1) is 6.92 Å². The van der Waals surface area contributed by atoms with Crippen LogP contribution in [-0.4, -0.2) is 19.6 Å². The third kappa shape index (κ3) is 0.586. The van der Waals surface area contributed by atoms with E-state index in [1.807, 2.05) is 6.92 Å². The van der Waals surface area contributed by atoms with Crippen LogP contribution >= 0.6 is 0 Å². The van der Waals surface area contributed by atoms with Gasteiger partial charge in [0.25, 0.3) is 0 Å². The van der Waals surface area contributed by atoms with E-state index in [0.29, 0.717) is 0 Å². The topological polar surface area (TPSA) is 43.1 Å². The normalized spacial score (nSPS) is 10.5. The summed E-state index contributed by atoms with van der Waals surface area (Å²) in [7, 11) is 0. The molecule has 0 aliphatic rings. The molecular formula is C6H6N4. The number of rotatable bonds is 0. The van der Waals surface area contributed by atoms with Gasteiger partial charge in [-0.3, -0.25) is 4.98 Å². The highest BCUT2D eigenvalue weighted by molar-refractivity contribution is 5.32. The molecule has 0 saturated carbocycles. The first-order chi connectivity index (χ1) is 4.88. The lowest BCUT2D eigenvalue weighted by Gasteiger charge is -1.92. The summed E-state index contributed by atoms with van der Waals surface area (Å²) < 4.78 is 1.74. The highest BCUT2D eigenvalue weighted by Gasteiger charge is 1.94. The Kier molecular flexibility index (Phi) is 0.943. The summed E-state index contributed by atoms with van der Waals surface area (Å²) in [5, 5.41) is 3.98. The van der Waals surface area contributed by atoms with Gasteiger partial charge in [-0.1, -0.05) is 0 Å². The Morgan fingerprint density at radius 2 is 2.30 bits per heavy atom. The van der Waals surface area contributed by atoms with E-state index in [2.05, 4.69) is 15.1 Å². The fourth-order valence-corrected chi connectivity index (χ4v) is 0.877. The Hall–Kier alpha value is -1.45. The molecule has 0 aliphatic carbocycles. The van der Waals surface area contributed by atoms with Crippen molar-refractivity contribution in [2.45, 2.75) is 6.92 Å². The van der Waals surface area contributed by atoms with Crippen molar-refractivity contribution < 1.29 is 0 Å². The fraction of sp³-hybridized carbons (Fsp3) is 0.167. The minimum atomic E-state index is 0.792. The molecule has 0 N–H and O–H groups in total. The summed E-state index contributed by atoms with van der Waals surface area (Å²) in [5.74, 6) is 0. The van der Waals surface area contributed by atoms with E-state index < -0.39 is 0 Å². The van der Waals surface area contributed by atoms with Gasteiger partial charge in [0.15, 0.2) is 5.65 Å². The molecule has 4 nitrogen and oxygen atoms in total. The molecule has 0 aromatic carbocycles. The minimum Gasteiger partial charge on any atom is -0.259 e. The van der Waals surface area contributed by atoms with Crippen molar-refractivity contribution >= 4 is 5.65 Å². The van der Waals surface area contributed by atoms with Crippen LogP contribution in [0.15, 0.2) is 18.7 Å². The Morgan fingerprint density at radius 3 is 3.10 bits per heavy atom. The van der Waals surface area contributed by atoms with Gasteiger partial charge < -0.3 is 0 Å². The molecule has 10 heavy (non-hydrogen) atoms. The van der Waals surface area contributed by atoms with Crippen molar-refractivity contribution in [3.63, 3.8) is 0 Å². The molecule has 2 aromatic heterocycles. The van der Waals surface area contributed by atoms with E-state index in [1.54, 1.807) is 16.9 Å². The number of aromatic nitrogens is 4. The van der Waals surface area contributed by atoms with Crippen LogP contribution < -0.4 is 0 Å². The molecule has 2 heterocycles. The molecule has 2 rings (SSSR count). The van der Waals surface area contributed by atoms with Crippen LogP contribution in [0.4, 0.5) is 0 Å². The molecule has 0 spiro atoms. The second-order valence-electron chi connectivity index (χ2n) is 2.08. The van der Waals surface area contributed by atoms with Gasteiger partial charge in [0.2, 0.25) is 0 Å². The van der Waals surface area contributed by atoms with E-state index >= 15 is 0 Å². The molecule has 0 saturated heterocycles. The minimum absolute atomic E-state index is 0.792. The van der Waals surface area contributed by atoms with E-state index in [4.69, 9.17) is 0 Å². The maximum atomic E-state index is 3.98. The smallest absolute Gasteiger partial charge is 0.173 e. The molecular weight excluding hydrogens is 128 g/mol. The van der Waals surface area contributed by atoms with Crippen molar-refractivity contribution in [1.82, 2.24) is 19.6 Å². The van der Waals surface area contributed by atoms with Crippen LogP contribution in [0.2, 0.25) is 0 Å². The highest BCUT2D eigenvalue weighted by atomic mass is 15.3. The maximum absolute atomic E-state index is 3.98. The SMILES string of the molecule is Cc1cncc2ncnn12. The fourth-order valence-electron chi connectivity index (χ4n) is 0.877. The standard InChI is InChI=1S/C6H6N4/c1-5-2-7-3-6-8-4-9-10(5)6/h2-4H,1H3. The lowest BCUT2D eigenvalue weighted by molar-refractivity contribution is 0.898. The Morgan fingerprint density at radius 1 is 1.40 bits per heavy atom. The summed E-state index contributed by atoms with van der Waals surface area (Å²) in [6.45, 7) is 1.94. The third-order valence-electron chi connectivity index (χ3n) is 1.36. The number of nitrogens with zero attached hydrogens (tertiary/aromatic N) is 4. The first kappa shape index (κ1) is 5.34. The molecule has 0 bridgehead atoms. The van der Waals surface area contributed by atoms with Crippen molar-refractivity contribution in [1.29, 1.82) is 0 Å². The number of aryl methyl sites for hydroxylation is 1. The molecule has 0 atom stereocenters.